The molecule has 1 fully saturated rings. The van der Waals surface area contributed by atoms with Crippen molar-refractivity contribution in [2.24, 2.45) is 5.92 Å². The lowest BCUT2D eigenvalue weighted by Gasteiger charge is -2.27. The van der Waals surface area contributed by atoms with Crippen molar-refractivity contribution in [2.75, 3.05) is 12.5 Å². The molecule has 1 heterocycles. The van der Waals surface area contributed by atoms with E-state index in [1.807, 2.05) is 6.92 Å². The molecular weight excluding hydrogens is 264 g/mol. The third-order valence-electron chi connectivity index (χ3n) is 3.69. The van der Waals surface area contributed by atoms with Crippen LogP contribution in [0.15, 0.2) is 4.52 Å². The molecule has 1 aromatic heterocycles. The molecular formula is C14H23ClN2O2. The Hall–Kier alpha value is -0.610. The zero-order valence-corrected chi connectivity index (χ0v) is 12.4. The van der Waals surface area contributed by atoms with E-state index < -0.39 is 0 Å². The molecule has 0 aliphatic heterocycles. The lowest BCUT2D eigenvalue weighted by Crippen LogP contribution is -2.20. The van der Waals surface area contributed by atoms with Crippen LogP contribution in [0.25, 0.3) is 0 Å². The van der Waals surface area contributed by atoms with Gasteiger partial charge in [0, 0.05) is 18.9 Å². The van der Waals surface area contributed by atoms with Gasteiger partial charge >= 0.3 is 0 Å². The molecule has 0 aromatic carbocycles. The van der Waals surface area contributed by atoms with Gasteiger partial charge in [-0.15, -0.1) is 11.6 Å². The minimum Gasteiger partial charge on any atom is -0.370 e. The van der Waals surface area contributed by atoms with Gasteiger partial charge in [-0.2, -0.15) is 4.98 Å². The third kappa shape index (κ3) is 4.18. The van der Waals surface area contributed by atoms with Crippen LogP contribution in [0.3, 0.4) is 0 Å². The van der Waals surface area contributed by atoms with Crippen LogP contribution < -0.4 is 0 Å². The molecule has 5 heteroatoms. The molecule has 1 saturated carbocycles. The number of aromatic nitrogens is 2. The maximum absolute atomic E-state index is 5.87. The van der Waals surface area contributed by atoms with Crippen LogP contribution in [0.5, 0.6) is 0 Å². The van der Waals surface area contributed by atoms with Crippen molar-refractivity contribution in [3.8, 4) is 0 Å². The quantitative estimate of drug-likeness (QED) is 0.713. The van der Waals surface area contributed by atoms with Crippen molar-refractivity contribution in [1.82, 2.24) is 10.1 Å². The highest BCUT2D eigenvalue weighted by Crippen LogP contribution is 2.35. The van der Waals surface area contributed by atoms with Gasteiger partial charge in [-0.05, 0) is 32.1 Å². The maximum Gasteiger partial charge on any atom is 0.226 e. The molecule has 2 rings (SSSR count). The smallest absolute Gasteiger partial charge is 0.226 e. The molecule has 1 unspecified atom stereocenters. The van der Waals surface area contributed by atoms with Crippen LogP contribution in [0.1, 0.15) is 63.3 Å². The molecule has 4 nitrogen and oxygen atoms in total. The highest BCUT2D eigenvalue weighted by atomic mass is 35.5. The highest BCUT2D eigenvalue weighted by Gasteiger charge is 2.29. The highest BCUT2D eigenvalue weighted by molar-refractivity contribution is 6.17. The molecule has 1 aliphatic carbocycles. The van der Waals surface area contributed by atoms with Gasteiger partial charge in [0.15, 0.2) is 0 Å². The van der Waals surface area contributed by atoms with Crippen LogP contribution in [0.4, 0.5) is 0 Å². The fraction of sp³-hybridized carbons (Fsp3) is 0.857. The predicted octanol–water partition coefficient (Wildman–Crippen LogP) is 3.90. The van der Waals surface area contributed by atoms with Crippen molar-refractivity contribution < 1.29 is 9.26 Å². The third-order valence-corrected chi connectivity index (χ3v) is 3.95. The fourth-order valence-corrected chi connectivity index (χ4v) is 2.87. The number of nitrogens with zero attached hydrogens (tertiary/aromatic N) is 2. The second-order valence-electron chi connectivity index (χ2n) is 5.11. The Bertz CT molecular complexity index is 364. The molecule has 0 saturated heterocycles. The lowest BCUT2D eigenvalue weighted by molar-refractivity contribution is -0.00145. The van der Waals surface area contributed by atoms with Crippen molar-refractivity contribution in [1.29, 1.82) is 0 Å². The number of rotatable bonds is 7. The molecule has 1 atom stereocenters. The zero-order valence-electron chi connectivity index (χ0n) is 11.6. The summed E-state index contributed by atoms with van der Waals surface area (Å²) >= 11 is 5.68. The monoisotopic (exact) mass is 286 g/mol. The number of hydrogen-bond acceptors (Lipinski definition) is 4. The summed E-state index contributed by atoms with van der Waals surface area (Å²) in [5.74, 6) is 2.55. The Labute approximate surface area is 119 Å². The average Bonchev–Trinajstić information content (AvgIpc) is 2.92. The van der Waals surface area contributed by atoms with E-state index >= 15 is 0 Å². The van der Waals surface area contributed by atoms with Crippen LogP contribution in [-0.4, -0.2) is 22.6 Å². The first-order chi connectivity index (χ1) is 9.35. The van der Waals surface area contributed by atoms with E-state index in [4.69, 9.17) is 20.9 Å². The summed E-state index contributed by atoms with van der Waals surface area (Å²) in [6, 6.07) is 0. The second-order valence-corrected chi connectivity index (χ2v) is 5.49. The van der Waals surface area contributed by atoms with Gasteiger partial charge in [0.25, 0.3) is 0 Å². The molecule has 1 aromatic rings. The average molecular weight is 287 g/mol. The lowest BCUT2D eigenvalue weighted by atomic mass is 9.85. The Morgan fingerprint density at radius 3 is 2.84 bits per heavy atom. The number of halogens is 1. The number of alkyl halides is 1. The van der Waals surface area contributed by atoms with Gasteiger partial charge in [-0.1, -0.05) is 24.4 Å². The standard InChI is InChI=1S/C14H23ClN2O2/c1-2-18-13(11-7-4-3-5-8-11)14-16-12(19-17-14)9-6-10-15/h11,13H,2-10H2,1H3. The second kappa shape index (κ2) is 7.85. The first-order valence-electron chi connectivity index (χ1n) is 7.35. The van der Waals surface area contributed by atoms with E-state index in [0.29, 0.717) is 24.3 Å². The van der Waals surface area contributed by atoms with Gasteiger partial charge in [0.2, 0.25) is 11.7 Å². The molecule has 0 amide bonds. The minimum atomic E-state index is -0.00111. The van der Waals surface area contributed by atoms with E-state index in [2.05, 4.69) is 10.1 Å². The molecule has 108 valence electrons. The van der Waals surface area contributed by atoms with Crippen LogP contribution in [0.2, 0.25) is 0 Å². The van der Waals surface area contributed by atoms with Gasteiger partial charge in [0.05, 0.1) is 0 Å². The molecule has 0 spiro atoms. The number of aryl methyl sites for hydroxylation is 1. The maximum atomic E-state index is 5.87. The molecule has 0 bridgehead atoms. The summed E-state index contributed by atoms with van der Waals surface area (Å²) < 4.78 is 11.2. The first-order valence-corrected chi connectivity index (χ1v) is 7.88. The largest absolute Gasteiger partial charge is 0.370 e. The minimum absolute atomic E-state index is 0.00111. The fourth-order valence-electron chi connectivity index (χ4n) is 2.74. The predicted molar refractivity (Wildman–Crippen MR) is 74.3 cm³/mol. The molecule has 0 N–H and O–H groups in total. The summed E-state index contributed by atoms with van der Waals surface area (Å²) in [5, 5.41) is 4.11. The van der Waals surface area contributed by atoms with Gasteiger partial charge < -0.3 is 9.26 Å². The molecule has 0 radical (unpaired) electrons. The van der Waals surface area contributed by atoms with E-state index in [1.54, 1.807) is 0 Å². The zero-order chi connectivity index (χ0) is 13.5. The topological polar surface area (TPSA) is 48.2 Å². The Balaban J connectivity index is 2.02. The normalized spacial score (nSPS) is 18.6. The van der Waals surface area contributed by atoms with E-state index in [1.165, 1.54) is 32.1 Å². The van der Waals surface area contributed by atoms with Gasteiger partial charge in [0.1, 0.15) is 6.10 Å². The van der Waals surface area contributed by atoms with Crippen molar-refractivity contribution in [3.63, 3.8) is 0 Å². The van der Waals surface area contributed by atoms with Crippen molar-refractivity contribution in [3.05, 3.63) is 11.7 Å². The molecule has 1 aliphatic rings. The van der Waals surface area contributed by atoms with E-state index in [0.717, 1.165) is 18.7 Å². The van der Waals surface area contributed by atoms with E-state index in [-0.39, 0.29) is 6.10 Å². The Kier molecular flexibility index (Phi) is 6.11. The molecule has 19 heavy (non-hydrogen) atoms. The van der Waals surface area contributed by atoms with Gasteiger partial charge in [-0.3, -0.25) is 0 Å². The number of ether oxygens (including phenoxy) is 1. The SMILES string of the molecule is CCOC(c1noc(CCCCl)n1)C1CCCCC1. The number of hydrogen-bond donors (Lipinski definition) is 0. The van der Waals surface area contributed by atoms with Gasteiger partial charge in [-0.25, -0.2) is 0 Å². The Morgan fingerprint density at radius 1 is 1.37 bits per heavy atom. The van der Waals surface area contributed by atoms with Crippen LogP contribution in [-0.2, 0) is 11.2 Å². The van der Waals surface area contributed by atoms with Crippen molar-refractivity contribution in [2.45, 2.75) is 58.0 Å². The summed E-state index contributed by atoms with van der Waals surface area (Å²) in [6.07, 6.45) is 7.93. The summed E-state index contributed by atoms with van der Waals surface area (Å²) in [7, 11) is 0. The Morgan fingerprint density at radius 2 is 2.16 bits per heavy atom. The summed E-state index contributed by atoms with van der Waals surface area (Å²) in [4.78, 5) is 4.48. The van der Waals surface area contributed by atoms with E-state index in [9.17, 15) is 0 Å². The summed E-state index contributed by atoms with van der Waals surface area (Å²) in [5.41, 5.74) is 0. The van der Waals surface area contributed by atoms with Crippen LogP contribution >= 0.6 is 11.6 Å². The van der Waals surface area contributed by atoms with Crippen molar-refractivity contribution >= 4 is 11.6 Å². The first kappa shape index (κ1) is 14.8. The summed E-state index contributed by atoms with van der Waals surface area (Å²) in [6.45, 7) is 2.71. The van der Waals surface area contributed by atoms with Crippen LogP contribution in [0, 0.1) is 5.92 Å².